The number of aromatic nitrogens is 2. The summed E-state index contributed by atoms with van der Waals surface area (Å²) >= 11 is 6.33. The van der Waals surface area contributed by atoms with E-state index in [2.05, 4.69) is 17.1 Å². The van der Waals surface area contributed by atoms with Gasteiger partial charge in [0.2, 0.25) is 5.91 Å². The molecule has 0 unspecified atom stereocenters. The Morgan fingerprint density at radius 1 is 1.20 bits per heavy atom. The summed E-state index contributed by atoms with van der Waals surface area (Å²) in [5, 5.41) is 0.758. The minimum Gasteiger partial charge on any atom is -0.368 e. The van der Waals surface area contributed by atoms with Crippen molar-refractivity contribution in [3.05, 3.63) is 94.0 Å². The molecule has 1 amide bonds. The molecule has 0 bridgehead atoms. The first-order chi connectivity index (χ1) is 14.6. The molecule has 154 valence electrons. The van der Waals surface area contributed by atoms with E-state index in [1.165, 1.54) is 0 Å². The summed E-state index contributed by atoms with van der Waals surface area (Å²) in [6.07, 6.45) is 2.50. The number of amides is 1. The van der Waals surface area contributed by atoms with Crippen LogP contribution in [0.5, 0.6) is 0 Å². The van der Waals surface area contributed by atoms with Gasteiger partial charge in [-0.2, -0.15) is 0 Å². The van der Waals surface area contributed by atoms with E-state index in [-0.39, 0.29) is 12.0 Å². The van der Waals surface area contributed by atoms with Crippen molar-refractivity contribution in [3.8, 4) is 0 Å². The highest BCUT2D eigenvalue weighted by atomic mass is 35.5. The number of ether oxygens (including phenoxy) is 1. The number of benzene rings is 1. The maximum Gasteiger partial charge on any atom is 0.228 e. The molecule has 5 nitrogen and oxygen atoms in total. The Kier molecular flexibility index (Phi) is 6.41. The molecule has 2 aromatic heterocycles. The predicted molar refractivity (Wildman–Crippen MR) is 116 cm³/mol. The van der Waals surface area contributed by atoms with Crippen LogP contribution < -0.4 is 0 Å². The molecule has 0 saturated carbocycles. The Balaban J connectivity index is 1.48. The molecular formula is C24H24ClN3O2. The Bertz CT molecular complexity index is 1030. The molecule has 0 N–H and O–H groups in total. The van der Waals surface area contributed by atoms with Crippen LogP contribution in [-0.2, 0) is 22.4 Å². The number of pyridine rings is 2. The Hall–Kier alpha value is -2.76. The molecule has 1 fully saturated rings. The standard InChI is InChI=1S/C24H24ClN3O2/c1-17-12-18(13-19-6-2-3-8-21(19)25)14-22(27-17)23-16-28(10-11-30-23)24(29)15-20-7-4-5-9-26-20/h2-9,12,14,23H,10-11,13,15-16H2,1H3/t23-/m1/s1. The Morgan fingerprint density at radius 3 is 2.83 bits per heavy atom. The number of aryl methyl sites for hydroxylation is 1. The van der Waals surface area contributed by atoms with Crippen molar-refractivity contribution < 1.29 is 9.53 Å². The summed E-state index contributed by atoms with van der Waals surface area (Å²) in [4.78, 5) is 23.6. The van der Waals surface area contributed by atoms with Crippen molar-refractivity contribution in [2.45, 2.75) is 25.9 Å². The second kappa shape index (κ2) is 9.37. The zero-order chi connectivity index (χ0) is 20.9. The second-order valence-corrected chi connectivity index (χ2v) is 7.91. The Morgan fingerprint density at radius 2 is 2.03 bits per heavy atom. The molecule has 30 heavy (non-hydrogen) atoms. The first kappa shape index (κ1) is 20.5. The summed E-state index contributed by atoms with van der Waals surface area (Å²) in [5.41, 5.74) is 4.77. The van der Waals surface area contributed by atoms with Crippen molar-refractivity contribution in [2.75, 3.05) is 19.7 Å². The molecule has 1 saturated heterocycles. The largest absolute Gasteiger partial charge is 0.368 e. The van der Waals surface area contributed by atoms with Gasteiger partial charge in [-0.15, -0.1) is 0 Å². The highest BCUT2D eigenvalue weighted by Gasteiger charge is 2.27. The number of hydrogen-bond donors (Lipinski definition) is 0. The first-order valence-corrected chi connectivity index (χ1v) is 10.5. The lowest BCUT2D eigenvalue weighted by atomic mass is 10.0. The van der Waals surface area contributed by atoms with Gasteiger partial charge in [-0.1, -0.05) is 35.9 Å². The van der Waals surface area contributed by atoms with E-state index < -0.39 is 0 Å². The van der Waals surface area contributed by atoms with Crippen molar-refractivity contribution in [3.63, 3.8) is 0 Å². The number of carbonyl (C=O) groups is 1. The van der Waals surface area contributed by atoms with Crippen molar-refractivity contribution >= 4 is 17.5 Å². The zero-order valence-corrected chi connectivity index (χ0v) is 17.7. The van der Waals surface area contributed by atoms with Crippen molar-refractivity contribution in [2.24, 2.45) is 0 Å². The summed E-state index contributed by atoms with van der Waals surface area (Å²) in [6, 6.07) is 17.6. The fraction of sp³-hybridized carbons (Fsp3) is 0.292. The van der Waals surface area contributed by atoms with Gasteiger partial charge in [-0.25, -0.2) is 0 Å². The van der Waals surface area contributed by atoms with Crippen LogP contribution in [0.2, 0.25) is 5.02 Å². The third kappa shape index (κ3) is 5.04. The van der Waals surface area contributed by atoms with Gasteiger partial charge in [0.15, 0.2) is 0 Å². The van der Waals surface area contributed by atoms with E-state index in [1.807, 2.05) is 54.3 Å². The van der Waals surface area contributed by atoms with Crippen LogP contribution in [0.4, 0.5) is 0 Å². The molecule has 1 aliphatic heterocycles. The van der Waals surface area contributed by atoms with E-state index >= 15 is 0 Å². The number of hydrogen-bond acceptors (Lipinski definition) is 4. The number of carbonyl (C=O) groups excluding carboxylic acids is 1. The second-order valence-electron chi connectivity index (χ2n) is 7.51. The molecule has 3 aromatic rings. The molecule has 0 spiro atoms. The van der Waals surface area contributed by atoms with Gasteiger partial charge in [-0.3, -0.25) is 14.8 Å². The maximum atomic E-state index is 12.8. The van der Waals surface area contributed by atoms with Crippen molar-refractivity contribution in [1.82, 2.24) is 14.9 Å². The summed E-state index contributed by atoms with van der Waals surface area (Å²) < 4.78 is 5.98. The van der Waals surface area contributed by atoms with Crippen LogP contribution in [0, 0.1) is 6.92 Å². The molecular weight excluding hydrogens is 398 g/mol. The van der Waals surface area contributed by atoms with E-state index in [1.54, 1.807) is 6.20 Å². The summed E-state index contributed by atoms with van der Waals surface area (Å²) in [5.74, 6) is 0.0611. The minimum absolute atomic E-state index is 0.0611. The molecule has 1 aliphatic rings. The smallest absolute Gasteiger partial charge is 0.228 e. The van der Waals surface area contributed by atoms with Crippen LogP contribution in [0.25, 0.3) is 0 Å². The highest BCUT2D eigenvalue weighted by molar-refractivity contribution is 6.31. The van der Waals surface area contributed by atoms with E-state index in [4.69, 9.17) is 21.3 Å². The van der Waals surface area contributed by atoms with Gasteiger partial charge >= 0.3 is 0 Å². The molecule has 3 heterocycles. The van der Waals surface area contributed by atoms with Gasteiger partial charge < -0.3 is 9.64 Å². The third-order valence-corrected chi connectivity index (χ3v) is 5.56. The topological polar surface area (TPSA) is 55.3 Å². The molecule has 1 aromatic carbocycles. The van der Waals surface area contributed by atoms with Crippen LogP contribution >= 0.6 is 11.6 Å². The highest BCUT2D eigenvalue weighted by Crippen LogP contribution is 2.25. The van der Waals surface area contributed by atoms with Gasteiger partial charge in [-0.05, 0) is 54.8 Å². The molecule has 4 rings (SSSR count). The SMILES string of the molecule is Cc1cc(Cc2ccccc2Cl)cc([C@H]2CN(C(=O)Cc3ccccn3)CCO2)n1. The van der Waals surface area contributed by atoms with E-state index in [0.29, 0.717) is 26.1 Å². The number of morpholine rings is 1. The quantitative estimate of drug-likeness (QED) is 0.620. The number of rotatable bonds is 5. The Labute approximate surface area is 181 Å². The van der Waals surface area contributed by atoms with Gasteiger partial charge in [0.25, 0.3) is 0 Å². The van der Waals surface area contributed by atoms with Gasteiger partial charge in [0.05, 0.1) is 25.3 Å². The van der Waals surface area contributed by atoms with E-state index in [0.717, 1.165) is 39.7 Å². The predicted octanol–water partition coefficient (Wildman–Crippen LogP) is 4.17. The van der Waals surface area contributed by atoms with Crippen LogP contribution in [0.1, 0.15) is 34.3 Å². The normalized spacial score (nSPS) is 16.5. The van der Waals surface area contributed by atoms with E-state index in [9.17, 15) is 4.79 Å². The van der Waals surface area contributed by atoms with Crippen molar-refractivity contribution in [1.29, 1.82) is 0 Å². The zero-order valence-electron chi connectivity index (χ0n) is 16.9. The monoisotopic (exact) mass is 421 g/mol. The lowest BCUT2D eigenvalue weighted by Crippen LogP contribution is -2.43. The average molecular weight is 422 g/mol. The van der Waals surface area contributed by atoms with Crippen LogP contribution in [0.3, 0.4) is 0 Å². The lowest BCUT2D eigenvalue weighted by Gasteiger charge is -2.33. The lowest BCUT2D eigenvalue weighted by molar-refractivity contribution is -0.138. The maximum absolute atomic E-state index is 12.8. The molecule has 1 atom stereocenters. The first-order valence-electron chi connectivity index (χ1n) is 10.1. The van der Waals surface area contributed by atoms with Gasteiger partial charge in [0, 0.05) is 29.2 Å². The van der Waals surface area contributed by atoms with Gasteiger partial charge in [0.1, 0.15) is 6.10 Å². The average Bonchev–Trinajstić information content (AvgIpc) is 2.76. The molecule has 0 aliphatic carbocycles. The van der Waals surface area contributed by atoms with Crippen LogP contribution in [-0.4, -0.2) is 40.5 Å². The number of halogens is 1. The summed E-state index contributed by atoms with van der Waals surface area (Å²) in [7, 11) is 0. The van der Waals surface area contributed by atoms with Crippen LogP contribution in [0.15, 0.2) is 60.8 Å². The minimum atomic E-state index is -0.240. The third-order valence-electron chi connectivity index (χ3n) is 5.19. The fourth-order valence-corrected chi connectivity index (χ4v) is 3.92. The molecule has 0 radical (unpaired) electrons. The fourth-order valence-electron chi connectivity index (χ4n) is 3.72. The number of nitrogens with zero attached hydrogens (tertiary/aromatic N) is 3. The molecule has 6 heteroatoms. The summed E-state index contributed by atoms with van der Waals surface area (Å²) in [6.45, 7) is 3.55.